The van der Waals surface area contributed by atoms with Crippen LogP contribution in [0.25, 0.3) is 16.9 Å². The Labute approximate surface area is 133 Å². The van der Waals surface area contributed by atoms with Crippen LogP contribution in [0.3, 0.4) is 0 Å². The second-order valence-electron chi connectivity index (χ2n) is 5.24. The van der Waals surface area contributed by atoms with Crippen LogP contribution >= 0.6 is 0 Å². The first-order valence-corrected chi connectivity index (χ1v) is 8.71. The molecule has 0 saturated carbocycles. The van der Waals surface area contributed by atoms with Crippen molar-refractivity contribution in [1.82, 2.24) is 14.5 Å². The Balaban J connectivity index is 2.05. The lowest BCUT2D eigenvalue weighted by Gasteiger charge is -2.09. The lowest BCUT2D eigenvalue weighted by molar-refractivity contribution is 0.598. The largest absolute Gasteiger partial charge is 0.297 e. The molecule has 5 nitrogen and oxygen atoms in total. The molecule has 3 aromatic rings. The maximum atomic E-state index is 13.8. The molecule has 0 bridgehead atoms. The van der Waals surface area contributed by atoms with E-state index in [1.54, 1.807) is 36.1 Å². The summed E-state index contributed by atoms with van der Waals surface area (Å²) in [6.07, 6.45) is 5.75. The zero-order chi connectivity index (χ0) is 16.6. The molecule has 0 N–H and O–H groups in total. The van der Waals surface area contributed by atoms with Gasteiger partial charge in [0.25, 0.3) is 0 Å². The Bertz CT molecular complexity index is 963. The van der Waals surface area contributed by atoms with E-state index in [0.29, 0.717) is 22.5 Å². The van der Waals surface area contributed by atoms with Gasteiger partial charge in [-0.1, -0.05) is 12.1 Å². The van der Waals surface area contributed by atoms with Crippen molar-refractivity contribution in [2.24, 2.45) is 0 Å². The molecule has 0 aliphatic heterocycles. The van der Waals surface area contributed by atoms with Crippen molar-refractivity contribution < 1.29 is 12.8 Å². The van der Waals surface area contributed by atoms with Gasteiger partial charge in [0.15, 0.2) is 14.9 Å². The van der Waals surface area contributed by atoms with Crippen molar-refractivity contribution in [2.75, 3.05) is 6.26 Å². The molecule has 0 radical (unpaired) electrons. The van der Waals surface area contributed by atoms with Gasteiger partial charge in [0, 0.05) is 11.8 Å². The minimum absolute atomic E-state index is 0.00398. The van der Waals surface area contributed by atoms with E-state index in [0.717, 1.165) is 6.26 Å². The first kappa shape index (κ1) is 15.4. The van der Waals surface area contributed by atoms with Gasteiger partial charge in [-0.15, -0.1) is 0 Å². The summed E-state index contributed by atoms with van der Waals surface area (Å²) in [5.74, 6) is -0.291. The molecule has 0 spiro atoms. The predicted octanol–water partition coefficient (Wildman–Crippen LogP) is 2.79. The fourth-order valence-electron chi connectivity index (χ4n) is 2.20. The monoisotopic (exact) mass is 331 g/mol. The number of pyridine rings is 1. The van der Waals surface area contributed by atoms with Gasteiger partial charge in [-0.3, -0.25) is 4.57 Å². The van der Waals surface area contributed by atoms with E-state index < -0.39 is 9.84 Å². The number of halogens is 1. The standard InChI is InChI=1S/C16H14FN3O2S/c1-11-3-4-12(7-14(11)17)15-9-18-10-20(15)13-5-6-16(19-8-13)23(2,21)22/h3-10H,1-2H3. The number of rotatable bonds is 3. The normalized spacial score (nSPS) is 11.6. The van der Waals surface area contributed by atoms with Crippen LogP contribution in [0.2, 0.25) is 0 Å². The van der Waals surface area contributed by atoms with E-state index in [1.165, 1.54) is 18.3 Å². The molecule has 1 aromatic carbocycles. The number of aromatic nitrogens is 3. The molecule has 118 valence electrons. The summed E-state index contributed by atoms with van der Waals surface area (Å²) in [4.78, 5) is 8.05. The van der Waals surface area contributed by atoms with E-state index in [1.807, 2.05) is 6.07 Å². The van der Waals surface area contributed by atoms with Gasteiger partial charge < -0.3 is 0 Å². The van der Waals surface area contributed by atoms with Crippen LogP contribution < -0.4 is 0 Å². The third-order valence-corrected chi connectivity index (χ3v) is 4.49. The summed E-state index contributed by atoms with van der Waals surface area (Å²) < 4.78 is 38.4. The maximum Gasteiger partial charge on any atom is 0.192 e. The number of hydrogen-bond donors (Lipinski definition) is 0. The van der Waals surface area contributed by atoms with Crippen molar-refractivity contribution in [3.63, 3.8) is 0 Å². The fraction of sp³-hybridized carbons (Fsp3) is 0.125. The minimum Gasteiger partial charge on any atom is -0.297 e. The highest BCUT2D eigenvalue weighted by Gasteiger charge is 2.12. The topological polar surface area (TPSA) is 64.8 Å². The van der Waals surface area contributed by atoms with Crippen LogP contribution in [0.1, 0.15) is 5.56 Å². The highest BCUT2D eigenvalue weighted by atomic mass is 32.2. The van der Waals surface area contributed by atoms with Crippen LogP contribution in [0.15, 0.2) is 54.1 Å². The first-order chi connectivity index (χ1) is 10.9. The molecule has 0 aliphatic carbocycles. The Morgan fingerprint density at radius 3 is 2.52 bits per heavy atom. The Morgan fingerprint density at radius 2 is 1.91 bits per heavy atom. The molecule has 7 heteroatoms. The van der Waals surface area contributed by atoms with E-state index >= 15 is 0 Å². The van der Waals surface area contributed by atoms with E-state index in [2.05, 4.69) is 9.97 Å². The number of hydrogen-bond acceptors (Lipinski definition) is 4. The average Bonchev–Trinajstić information content (AvgIpc) is 2.99. The molecule has 0 unspecified atom stereocenters. The number of imidazole rings is 1. The molecule has 2 heterocycles. The highest BCUT2D eigenvalue weighted by molar-refractivity contribution is 7.90. The molecule has 3 rings (SSSR count). The summed E-state index contributed by atoms with van der Waals surface area (Å²) in [6, 6.07) is 8.03. The van der Waals surface area contributed by atoms with E-state index in [-0.39, 0.29) is 10.8 Å². The van der Waals surface area contributed by atoms with Crippen molar-refractivity contribution in [3.8, 4) is 16.9 Å². The van der Waals surface area contributed by atoms with Crippen LogP contribution in [-0.4, -0.2) is 29.2 Å². The molecular weight excluding hydrogens is 317 g/mol. The number of nitrogens with zero attached hydrogens (tertiary/aromatic N) is 3. The first-order valence-electron chi connectivity index (χ1n) is 6.81. The van der Waals surface area contributed by atoms with Crippen molar-refractivity contribution in [1.29, 1.82) is 0 Å². The maximum absolute atomic E-state index is 13.8. The van der Waals surface area contributed by atoms with Gasteiger partial charge >= 0.3 is 0 Å². The van der Waals surface area contributed by atoms with Gasteiger partial charge in [-0.2, -0.15) is 0 Å². The van der Waals surface area contributed by atoms with Crippen LogP contribution in [0, 0.1) is 12.7 Å². The minimum atomic E-state index is -3.35. The second-order valence-corrected chi connectivity index (χ2v) is 7.20. The lowest BCUT2D eigenvalue weighted by atomic mass is 10.1. The Kier molecular flexibility index (Phi) is 3.73. The van der Waals surface area contributed by atoms with Gasteiger partial charge in [-0.05, 0) is 30.7 Å². The smallest absolute Gasteiger partial charge is 0.192 e. The third-order valence-electron chi connectivity index (χ3n) is 3.48. The molecule has 0 atom stereocenters. The SMILES string of the molecule is Cc1ccc(-c2cncn2-c2ccc(S(C)(=O)=O)nc2)cc1F. The second kappa shape index (κ2) is 5.58. The van der Waals surface area contributed by atoms with Crippen LogP contribution in [0.4, 0.5) is 4.39 Å². The summed E-state index contributed by atoms with van der Waals surface area (Å²) in [5.41, 5.74) is 2.58. The number of aryl methyl sites for hydroxylation is 1. The van der Waals surface area contributed by atoms with Crippen LogP contribution in [-0.2, 0) is 9.84 Å². The quantitative estimate of drug-likeness (QED) is 0.740. The van der Waals surface area contributed by atoms with E-state index in [9.17, 15) is 12.8 Å². The van der Waals surface area contributed by atoms with E-state index in [4.69, 9.17) is 0 Å². The van der Waals surface area contributed by atoms with Crippen molar-refractivity contribution in [2.45, 2.75) is 11.9 Å². The molecule has 0 amide bonds. The number of sulfone groups is 1. The Morgan fingerprint density at radius 1 is 1.13 bits per heavy atom. The molecule has 23 heavy (non-hydrogen) atoms. The highest BCUT2D eigenvalue weighted by Crippen LogP contribution is 2.24. The third kappa shape index (κ3) is 3.00. The molecule has 0 saturated heterocycles. The summed E-state index contributed by atoms with van der Waals surface area (Å²) >= 11 is 0. The summed E-state index contributed by atoms with van der Waals surface area (Å²) in [7, 11) is -3.35. The van der Waals surface area contributed by atoms with Gasteiger partial charge in [0.1, 0.15) is 5.82 Å². The zero-order valence-corrected chi connectivity index (χ0v) is 13.4. The predicted molar refractivity (Wildman–Crippen MR) is 84.6 cm³/mol. The molecule has 2 aromatic heterocycles. The fourth-order valence-corrected chi connectivity index (χ4v) is 2.76. The van der Waals surface area contributed by atoms with Gasteiger partial charge in [-0.25, -0.2) is 22.8 Å². The van der Waals surface area contributed by atoms with Gasteiger partial charge in [0.2, 0.25) is 0 Å². The summed E-state index contributed by atoms with van der Waals surface area (Å²) in [5, 5.41) is 0.00398. The summed E-state index contributed by atoms with van der Waals surface area (Å²) in [6.45, 7) is 1.70. The number of benzene rings is 1. The molecule has 0 fully saturated rings. The van der Waals surface area contributed by atoms with Crippen molar-refractivity contribution >= 4 is 9.84 Å². The average molecular weight is 331 g/mol. The van der Waals surface area contributed by atoms with Crippen molar-refractivity contribution in [3.05, 3.63) is 60.4 Å². The zero-order valence-electron chi connectivity index (χ0n) is 12.6. The molecular formula is C16H14FN3O2S. The van der Waals surface area contributed by atoms with Gasteiger partial charge in [0.05, 0.1) is 30.1 Å². The Hall–Kier alpha value is -2.54. The molecule has 0 aliphatic rings. The van der Waals surface area contributed by atoms with Crippen LogP contribution in [0.5, 0.6) is 0 Å². The lowest BCUT2D eigenvalue weighted by Crippen LogP contribution is -2.02.